The van der Waals surface area contributed by atoms with E-state index in [1.807, 2.05) is 0 Å². The highest BCUT2D eigenvalue weighted by atomic mass is 15.4. The molecule has 2 aliphatic heterocycles. The van der Waals surface area contributed by atoms with Crippen LogP contribution in [-0.2, 0) is 24.3 Å². The van der Waals surface area contributed by atoms with Gasteiger partial charge in [-0.2, -0.15) is 0 Å². The molecule has 0 radical (unpaired) electrons. The van der Waals surface area contributed by atoms with Gasteiger partial charge in [0.15, 0.2) is 7.05 Å². The Bertz CT molecular complexity index is 1680. The topological polar surface area (TPSA) is 26.6 Å². The normalized spacial score (nSPS) is 16.6. The number of hydrogen-bond acceptors (Lipinski definition) is 1. The lowest BCUT2D eigenvalue weighted by atomic mass is 9.59. The van der Waals surface area contributed by atoms with Crippen molar-refractivity contribution in [1.82, 2.24) is 14.2 Å². The average molecular weight is 460 g/mol. The summed E-state index contributed by atoms with van der Waals surface area (Å²) in [5, 5.41) is 0. The van der Waals surface area contributed by atoms with Gasteiger partial charge in [-0.3, -0.25) is 4.57 Å². The van der Waals surface area contributed by atoms with Crippen LogP contribution >= 0.6 is 0 Å². The molecule has 35 heavy (non-hydrogen) atoms. The molecule has 2 aromatic heterocycles. The van der Waals surface area contributed by atoms with E-state index in [-0.39, 0.29) is 10.8 Å². The van der Waals surface area contributed by atoms with Crippen molar-refractivity contribution in [2.45, 2.75) is 51.9 Å². The molecule has 4 nitrogen and oxygen atoms in total. The standard InChI is InChI=1S/C31H31N4/c1-19-16-23-28(34-24-15-11-10-14-21(24)17-25(34)32-23)26-27(19)35-29(31(4,5)30(26,2)3)22(18-33(35)6)20-12-8-7-9-13-20/h7-16,18H,17H2,1-6H3/q+1. The van der Waals surface area contributed by atoms with Gasteiger partial charge in [-0.15, -0.1) is 9.36 Å². The SMILES string of the molecule is Cc1cc2nc3n(c2c2c1-n1c(c(-c4ccccc4)c[n+]1C)C(C)(C)C2(C)C)-c1ccccc1C3. The van der Waals surface area contributed by atoms with E-state index in [0.29, 0.717) is 0 Å². The number of aromatic nitrogens is 4. The molecule has 0 aliphatic carbocycles. The summed E-state index contributed by atoms with van der Waals surface area (Å²) in [6, 6.07) is 21.9. The second-order valence-corrected chi connectivity index (χ2v) is 11.3. The fourth-order valence-corrected chi connectivity index (χ4v) is 6.59. The van der Waals surface area contributed by atoms with E-state index < -0.39 is 0 Å². The third-order valence-electron chi connectivity index (χ3n) is 8.93. The fourth-order valence-electron chi connectivity index (χ4n) is 6.59. The van der Waals surface area contributed by atoms with Crippen LogP contribution in [0.25, 0.3) is 33.5 Å². The molecule has 0 atom stereocenters. The minimum atomic E-state index is -0.133. The average Bonchev–Trinajstić information content (AvgIpc) is 3.47. The van der Waals surface area contributed by atoms with Crippen LogP contribution in [-0.4, -0.2) is 14.2 Å². The highest BCUT2D eigenvalue weighted by Gasteiger charge is 2.53. The molecule has 174 valence electrons. The van der Waals surface area contributed by atoms with Gasteiger partial charge in [0.05, 0.1) is 22.3 Å². The van der Waals surface area contributed by atoms with Crippen LogP contribution in [0.4, 0.5) is 0 Å². The minimum absolute atomic E-state index is 0.129. The first-order chi connectivity index (χ1) is 16.7. The summed E-state index contributed by atoms with van der Waals surface area (Å²) < 4.78 is 7.19. The summed E-state index contributed by atoms with van der Waals surface area (Å²) in [6.07, 6.45) is 3.19. The number of nitrogens with zero attached hydrogens (tertiary/aromatic N) is 4. The van der Waals surface area contributed by atoms with Crippen LogP contribution in [0.15, 0.2) is 66.9 Å². The molecule has 0 unspecified atom stereocenters. The van der Waals surface area contributed by atoms with E-state index in [9.17, 15) is 0 Å². The predicted molar refractivity (Wildman–Crippen MR) is 141 cm³/mol. The second-order valence-electron chi connectivity index (χ2n) is 11.3. The first-order valence-corrected chi connectivity index (χ1v) is 12.5. The van der Waals surface area contributed by atoms with Gasteiger partial charge in [0.1, 0.15) is 17.2 Å². The molecule has 0 amide bonds. The molecule has 0 bridgehead atoms. The van der Waals surface area contributed by atoms with Crippen LogP contribution in [0.5, 0.6) is 0 Å². The summed E-state index contributed by atoms with van der Waals surface area (Å²) in [7, 11) is 2.17. The zero-order valence-corrected chi connectivity index (χ0v) is 21.3. The van der Waals surface area contributed by atoms with E-state index in [4.69, 9.17) is 4.98 Å². The maximum absolute atomic E-state index is 5.17. The van der Waals surface area contributed by atoms with Crippen LogP contribution in [0.2, 0.25) is 0 Å². The Morgan fingerprint density at radius 3 is 2.40 bits per heavy atom. The van der Waals surface area contributed by atoms with Gasteiger partial charge >= 0.3 is 0 Å². The molecule has 0 saturated carbocycles. The molecule has 4 heterocycles. The molecule has 4 heteroatoms. The zero-order chi connectivity index (χ0) is 24.3. The third kappa shape index (κ3) is 2.42. The van der Waals surface area contributed by atoms with Gasteiger partial charge in [0, 0.05) is 22.8 Å². The number of aryl methyl sites for hydroxylation is 2. The number of imidazole rings is 1. The Morgan fingerprint density at radius 2 is 1.63 bits per heavy atom. The monoisotopic (exact) mass is 459 g/mol. The Morgan fingerprint density at radius 1 is 0.914 bits per heavy atom. The summed E-state index contributed by atoms with van der Waals surface area (Å²) in [5.74, 6) is 1.15. The van der Waals surface area contributed by atoms with Gasteiger partial charge in [-0.25, -0.2) is 4.98 Å². The van der Waals surface area contributed by atoms with Gasteiger partial charge in [-0.1, -0.05) is 76.2 Å². The van der Waals surface area contributed by atoms with E-state index in [0.717, 1.165) is 17.8 Å². The third-order valence-corrected chi connectivity index (χ3v) is 8.93. The maximum atomic E-state index is 5.17. The molecule has 3 aromatic carbocycles. The van der Waals surface area contributed by atoms with Crippen molar-refractivity contribution in [3.63, 3.8) is 0 Å². The molecule has 0 fully saturated rings. The zero-order valence-electron chi connectivity index (χ0n) is 21.3. The summed E-state index contributed by atoms with van der Waals surface area (Å²) in [6.45, 7) is 11.9. The van der Waals surface area contributed by atoms with Gasteiger partial charge in [0.2, 0.25) is 6.20 Å². The number of hydrogen-bond donors (Lipinski definition) is 0. The molecule has 0 N–H and O–H groups in total. The van der Waals surface area contributed by atoms with E-state index in [2.05, 4.69) is 122 Å². The van der Waals surface area contributed by atoms with Crippen molar-refractivity contribution in [3.8, 4) is 22.5 Å². The highest BCUT2D eigenvalue weighted by Crippen LogP contribution is 2.55. The van der Waals surface area contributed by atoms with Crippen molar-refractivity contribution in [2.75, 3.05) is 0 Å². The van der Waals surface area contributed by atoms with Gasteiger partial charge < -0.3 is 0 Å². The Hall–Kier alpha value is -3.66. The van der Waals surface area contributed by atoms with Crippen LogP contribution in [0.3, 0.4) is 0 Å². The summed E-state index contributed by atoms with van der Waals surface area (Å²) in [5.41, 5.74) is 12.7. The number of fused-ring (bicyclic) bond motifs is 9. The van der Waals surface area contributed by atoms with E-state index in [1.54, 1.807) is 0 Å². The minimum Gasteiger partial charge on any atom is -0.295 e. The smallest absolute Gasteiger partial charge is 0.203 e. The quantitative estimate of drug-likeness (QED) is 0.273. The fraction of sp³-hybridized carbons (Fsp3) is 0.290. The predicted octanol–water partition coefficient (Wildman–Crippen LogP) is 6.09. The summed E-state index contributed by atoms with van der Waals surface area (Å²) >= 11 is 0. The lowest BCUT2D eigenvalue weighted by Crippen LogP contribution is -2.51. The number of para-hydroxylation sites is 1. The number of rotatable bonds is 1. The van der Waals surface area contributed by atoms with E-state index >= 15 is 0 Å². The number of benzene rings is 3. The molecule has 5 aromatic rings. The molecular formula is C31H31N4+. The lowest BCUT2D eigenvalue weighted by Gasteiger charge is -2.46. The Kier molecular flexibility index (Phi) is 3.85. The molecule has 0 saturated heterocycles. The van der Waals surface area contributed by atoms with Crippen LogP contribution in [0, 0.1) is 6.92 Å². The largest absolute Gasteiger partial charge is 0.295 e. The molecule has 7 rings (SSSR count). The van der Waals surface area contributed by atoms with Crippen LogP contribution in [0.1, 0.15) is 55.9 Å². The highest BCUT2D eigenvalue weighted by molar-refractivity contribution is 5.90. The van der Waals surface area contributed by atoms with Crippen molar-refractivity contribution < 1.29 is 4.68 Å². The first kappa shape index (κ1) is 20.7. The van der Waals surface area contributed by atoms with Gasteiger partial charge in [-0.05, 0) is 35.7 Å². The van der Waals surface area contributed by atoms with Gasteiger partial charge in [0.25, 0.3) is 0 Å². The van der Waals surface area contributed by atoms with E-state index in [1.165, 1.54) is 50.4 Å². The van der Waals surface area contributed by atoms with Crippen molar-refractivity contribution in [2.24, 2.45) is 7.05 Å². The molecular weight excluding hydrogens is 428 g/mol. The lowest BCUT2D eigenvalue weighted by molar-refractivity contribution is -0.745. The second kappa shape index (κ2) is 6.51. The van der Waals surface area contributed by atoms with Crippen molar-refractivity contribution in [1.29, 1.82) is 0 Å². The molecule has 0 spiro atoms. The summed E-state index contributed by atoms with van der Waals surface area (Å²) in [4.78, 5) is 5.17. The first-order valence-electron chi connectivity index (χ1n) is 12.5. The Labute approximate surface area is 206 Å². The maximum Gasteiger partial charge on any atom is 0.203 e. The van der Waals surface area contributed by atoms with Crippen LogP contribution < -0.4 is 4.68 Å². The van der Waals surface area contributed by atoms with Crippen molar-refractivity contribution in [3.05, 3.63) is 95.1 Å². The molecule has 2 aliphatic rings. The Balaban J connectivity index is 1.65. The van der Waals surface area contributed by atoms with Crippen molar-refractivity contribution >= 4 is 11.0 Å².